The molecular formula is C15H11ClN4O3. The number of pyridine rings is 1. The number of nitrogens with one attached hydrogen (secondary N) is 1. The van der Waals surface area contributed by atoms with Gasteiger partial charge in [-0.25, -0.2) is 4.98 Å². The molecule has 8 heteroatoms. The Morgan fingerprint density at radius 1 is 1.35 bits per heavy atom. The number of imidazole rings is 1. The SMILES string of the molecule is Cc1ccn2cc(C(=O)Nc3ccc([N+](=O)[O-])cc3Cl)nc2c1. The van der Waals surface area contributed by atoms with Crippen LogP contribution in [0.15, 0.2) is 42.7 Å². The average Bonchev–Trinajstić information content (AvgIpc) is 2.92. The maximum absolute atomic E-state index is 12.3. The molecule has 7 nitrogen and oxygen atoms in total. The van der Waals surface area contributed by atoms with Gasteiger partial charge in [-0.3, -0.25) is 14.9 Å². The normalized spacial score (nSPS) is 10.7. The Bertz CT molecular complexity index is 936. The highest BCUT2D eigenvalue weighted by Gasteiger charge is 2.15. The number of halogens is 1. The second-order valence-electron chi connectivity index (χ2n) is 4.97. The molecule has 0 spiro atoms. The first-order valence-corrected chi connectivity index (χ1v) is 7.02. The van der Waals surface area contributed by atoms with Gasteiger partial charge in [0, 0.05) is 24.5 Å². The monoisotopic (exact) mass is 330 g/mol. The molecule has 1 amide bonds. The molecule has 2 aromatic heterocycles. The number of nitro benzene ring substituents is 1. The van der Waals surface area contributed by atoms with E-state index in [-0.39, 0.29) is 22.1 Å². The van der Waals surface area contributed by atoms with Gasteiger partial charge < -0.3 is 9.72 Å². The highest BCUT2D eigenvalue weighted by molar-refractivity contribution is 6.34. The summed E-state index contributed by atoms with van der Waals surface area (Å²) >= 11 is 5.96. The van der Waals surface area contributed by atoms with Crippen molar-refractivity contribution in [1.82, 2.24) is 9.38 Å². The van der Waals surface area contributed by atoms with Crippen molar-refractivity contribution in [2.75, 3.05) is 5.32 Å². The summed E-state index contributed by atoms with van der Waals surface area (Å²) in [5.74, 6) is -0.442. The fraction of sp³-hybridized carbons (Fsp3) is 0.0667. The Morgan fingerprint density at radius 3 is 2.83 bits per heavy atom. The van der Waals surface area contributed by atoms with E-state index in [1.807, 2.05) is 25.3 Å². The maximum Gasteiger partial charge on any atom is 0.275 e. The van der Waals surface area contributed by atoms with Gasteiger partial charge in [-0.05, 0) is 30.7 Å². The molecule has 0 aliphatic rings. The Kier molecular flexibility index (Phi) is 3.71. The van der Waals surface area contributed by atoms with Crippen molar-refractivity contribution < 1.29 is 9.72 Å². The molecular weight excluding hydrogens is 320 g/mol. The number of hydrogen-bond acceptors (Lipinski definition) is 4. The second kappa shape index (κ2) is 5.69. The van der Waals surface area contributed by atoms with Crippen molar-refractivity contribution in [1.29, 1.82) is 0 Å². The maximum atomic E-state index is 12.3. The van der Waals surface area contributed by atoms with Crippen molar-refractivity contribution in [3.63, 3.8) is 0 Å². The molecule has 0 saturated heterocycles. The van der Waals surface area contributed by atoms with E-state index in [1.54, 1.807) is 10.6 Å². The molecule has 3 rings (SSSR count). The van der Waals surface area contributed by atoms with Crippen molar-refractivity contribution >= 4 is 34.5 Å². The summed E-state index contributed by atoms with van der Waals surface area (Å²) in [6.45, 7) is 1.94. The molecule has 1 aromatic carbocycles. The van der Waals surface area contributed by atoms with Gasteiger partial charge in [0.2, 0.25) is 0 Å². The zero-order valence-electron chi connectivity index (χ0n) is 12.0. The minimum Gasteiger partial charge on any atom is -0.319 e. The number of benzene rings is 1. The lowest BCUT2D eigenvalue weighted by molar-refractivity contribution is -0.384. The average molecular weight is 331 g/mol. The number of hydrogen-bond donors (Lipinski definition) is 1. The summed E-state index contributed by atoms with van der Waals surface area (Å²) in [6.07, 6.45) is 3.41. The molecule has 3 aromatic rings. The summed E-state index contributed by atoms with van der Waals surface area (Å²) in [6, 6.07) is 7.61. The Balaban J connectivity index is 1.87. The summed E-state index contributed by atoms with van der Waals surface area (Å²) in [5.41, 5.74) is 2.06. The highest BCUT2D eigenvalue weighted by Crippen LogP contribution is 2.27. The summed E-state index contributed by atoms with van der Waals surface area (Å²) in [7, 11) is 0. The molecule has 0 saturated carbocycles. The third-order valence-electron chi connectivity index (χ3n) is 3.26. The van der Waals surface area contributed by atoms with Gasteiger partial charge in [0.15, 0.2) is 0 Å². The Morgan fingerprint density at radius 2 is 2.13 bits per heavy atom. The van der Waals surface area contributed by atoms with Gasteiger partial charge in [-0.2, -0.15) is 0 Å². The van der Waals surface area contributed by atoms with E-state index in [9.17, 15) is 14.9 Å². The van der Waals surface area contributed by atoms with Crippen LogP contribution in [0.25, 0.3) is 5.65 Å². The van der Waals surface area contributed by atoms with Crippen LogP contribution in [0.5, 0.6) is 0 Å². The predicted molar refractivity (Wildman–Crippen MR) is 86.0 cm³/mol. The van der Waals surface area contributed by atoms with Gasteiger partial charge in [0.05, 0.1) is 15.6 Å². The zero-order valence-corrected chi connectivity index (χ0v) is 12.7. The summed E-state index contributed by atoms with van der Waals surface area (Å²) < 4.78 is 1.74. The quantitative estimate of drug-likeness (QED) is 0.588. The largest absolute Gasteiger partial charge is 0.319 e. The lowest BCUT2D eigenvalue weighted by Gasteiger charge is -2.05. The number of nitro groups is 1. The molecule has 0 aliphatic heterocycles. The highest BCUT2D eigenvalue weighted by atomic mass is 35.5. The van der Waals surface area contributed by atoms with Crippen LogP contribution < -0.4 is 5.32 Å². The first kappa shape index (κ1) is 15.0. The van der Waals surface area contributed by atoms with Gasteiger partial charge >= 0.3 is 0 Å². The van der Waals surface area contributed by atoms with Crippen LogP contribution in [0.3, 0.4) is 0 Å². The molecule has 0 unspecified atom stereocenters. The van der Waals surface area contributed by atoms with Gasteiger partial charge in [0.25, 0.3) is 11.6 Å². The predicted octanol–water partition coefficient (Wildman–Crippen LogP) is 3.46. The third kappa shape index (κ3) is 3.00. The summed E-state index contributed by atoms with van der Waals surface area (Å²) in [5, 5.41) is 13.4. The first-order chi connectivity index (χ1) is 10.9. The van der Waals surface area contributed by atoms with E-state index >= 15 is 0 Å². The fourth-order valence-electron chi connectivity index (χ4n) is 2.10. The van der Waals surface area contributed by atoms with Crippen LogP contribution >= 0.6 is 11.6 Å². The standard InChI is InChI=1S/C15H11ClN4O3/c1-9-4-5-19-8-13(17-14(19)6-9)15(21)18-12-3-2-10(20(22)23)7-11(12)16/h2-8H,1H3,(H,18,21). The van der Waals surface area contributed by atoms with E-state index in [1.165, 1.54) is 18.2 Å². The number of aryl methyl sites for hydroxylation is 1. The molecule has 0 aliphatic carbocycles. The van der Waals surface area contributed by atoms with E-state index in [4.69, 9.17) is 11.6 Å². The van der Waals surface area contributed by atoms with E-state index in [2.05, 4.69) is 10.3 Å². The molecule has 1 N–H and O–H groups in total. The van der Waals surface area contributed by atoms with Crippen LogP contribution in [0.1, 0.15) is 16.1 Å². The first-order valence-electron chi connectivity index (χ1n) is 6.65. The number of nitrogens with zero attached hydrogens (tertiary/aromatic N) is 3. The van der Waals surface area contributed by atoms with Crippen molar-refractivity contribution in [3.8, 4) is 0 Å². The van der Waals surface area contributed by atoms with Crippen molar-refractivity contribution in [2.24, 2.45) is 0 Å². The topological polar surface area (TPSA) is 89.5 Å². The molecule has 0 radical (unpaired) electrons. The molecule has 2 heterocycles. The molecule has 0 fully saturated rings. The lowest BCUT2D eigenvalue weighted by atomic mass is 10.2. The number of carbonyl (C=O) groups is 1. The van der Waals surface area contributed by atoms with Crippen LogP contribution in [0.4, 0.5) is 11.4 Å². The van der Waals surface area contributed by atoms with Gasteiger partial charge in [-0.1, -0.05) is 11.6 Å². The number of aromatic nitrogens is 2. The number of amides is 1. The molecule has 0 atom stereocenters. The number of anilines is 1. The van der Waals surface area contributed by atoms with E-state index in [0.717, 1.165) is 5.56 Å². The van der Waals surface area contributed by atoms with E-state index in [0.29, 0.717) is 5.65 Å². The molecule has 0 bridgehead atoms. The number of fused-ring (bicyclic) bond motifs is 1. The fourth-order valence-corrected chi connectivity index (χ4v) is 2.32. The molecule has 23 heavy (non-hydrogen) atoms. The summed E-state index contributed by atoms with van der Waals surface area (Å²) in [4.78, 5) is 26.6. The third-order valence-corrected chi connectivity index (χ3v) is 3.57. The molecule has 116 valence electrons. The Hall–Kier alpha value is -2.93. The minimum atomic E-state index is -0.554. The van der Waals surface area contributed by atoms with Crippen LogP contribution in [0, 0.1) is 17.0 Å². The lowest BCUT2D eigenvalue weighted by Crippen LogP contribution is -2.12. The van der Waals surface area contributed by atoms with Crippen molar-refractivity contribution in [2.45, 2.75) is 6.92 Å². The van der Waals surface area contributed by atoms with Gasteiger partial charge in [-0.15, -0.1) is 0 Å². The number of rotatable bonds is 3. The van der Waals surface area contributed by atoms with Crippen LogP contribution in [-0.2, 0) is 0 Å². The zero-order chi connectivity index (χ0) is 16.6. The van der Waals surface area contributed by atoms with Crippen LogP contribution in [-0.4, -0.2) is 20.2 Å². The second-order valence-corrected chi connectivity index (χ2v) is 5.38. The Labute approximate surface area is 135 Å². The van der Waals surface area contributed by atoms with Crippen LogP contribution in [0.2, 0.25) is 5.02 Å². The van der Waals surface area contributed by atoms with Gasteiger partial charge in [0.1, 0.15) is 11.3 Å². The number of non-ortho nitro benzene ring substituents is 1. The van der Waals surface area contributed by atoms with E-state index < -0.39 is 10.8 Å². The van der Waals surface area contributed by atoms with Crippen molar-refractivity contribution in [3.05, 3.63) is 69.1 Å². The minimum absolute atomic E-state index is 0.0900. The number of carbonyl (C=O) groups excluding carboxylic acids is 1. The smallest absolute Gasteiger partial charge is 0.275 e.